The van der Waals surface area contributed by atoms with E-state index in [1.807, 2.05) is 0 Å². The molecule has 2 unspecified atom stereocenters. The first-order chi connectivity index (χ1) is 5.34. The molecule has 0 spiro atoms. The molecule has 0 nitrogen and oxygen atoms in total. The molecule has 1 aliphatic carbocycles. The number of rotatable bonds is 3. The van der Waals surface area contributed by atoms with Gasteiger partial charge in [-0.05, 0) is 11.8 Å². The van der Waals surface area contributed by atoms with E-state index in [1.165, 1.54) is 44.9 Å². The highest BCUT2D eigenvalue weighted by Crippen LogP contribution is 2.32. The second-order valence-corrected chi connectivity index (χ2v) is 4.16. The van der Waals surface area contributed by atoms with Gasteiger partial charge < -0.3 is 0 Å². The lowest BCUT2D eigenvalue weighted by molar-refractivity contribution is 0.237. The molecule has 1 aliphatic rings. The van der Waals surface area contributed by atoms with Crippen LogP contribution in [0.4, 0.5) is 0 Å². The van der Waals surface area contributed by atoms with Crippen LogP contribution < -0.4 is 0 Å². The highest BCUT2D eigenvalue weighted by molar-refractivity contribution is 4.71. The molecule has 0 aromatic rings. The van der Waals surface area contributed by atoms with Crippen molar-refractivity contribution in [1.82, 2.24) is 0 Å². The first kappa shape index (κ1) is 9.09. The zero-order chi connectivity index (χ0) is 8.10. The van der Waals surface area contributed by atoms with Gasteiger partial charge in [0.15, 0.2) is 0 Å². The zero-order valence-electron chi connectivity index (χ0n) is 8.10. The van der Waals surface area contributed by atoms with Gasteiger partial charge in [0.25, 0.3) is 0 Å². The molecule has 0 aromatic heterocycles. The van der Waals surface area contributed by atoms with E-state index in [4.69, 9.17) is 0 Å². The average Bonchev–Trinajstić information content (AvgIpc) is 2.03. The highest BCUT2D eigenvalue weighted by Gasteiger charge is 2.19. The largest absolute Gasteiger partial charge is 0.0654 e. The third-order valence-corrected chi connectivity index (χ3v) is 3.22. The van der Waals surface area contributed by atoms with E-state index < -0.39 is 0 Å². The SMILES string of the molecule is CCCCC1CCCCC1C. The molecule has 11 heavy (non-hydrogen) atoms. The summed E-state index contributed by atoms with van der Waals surface area (Å²) in [4.78, 5) is 0. The van der Waals surface area contributed by atoms with E-state index in [-0.39, 0.29) is 0 Å². The maximum atomic E-state index is 2.44. The van der Waals surface area contributed by atoms with Gasteiger partial charge in [-0.3, -0.25) is 0 Å². The van der Waals surface area contributed by atoms with Crippen molar-refractivity contribution < 1.29 is 0 Å². The van der Waals surface area contributed by atoms with E-state index in [0.717, 1.165) is 11.8 Å². The molecule has 0 heterocycles. The fourth-order valence-electron chi connectivity index (χ4n) is 2.29. The summed E-state index contributed by atoms with van der Waals surface area (Å²) in [5, 5.41) is 0. The van der Waals surface area contributed by atoms with Crippen LogP contribution in [-0.4, -0.2) is 0 Å². The number of unbranched alkanes of at least 4 members (excludes halogenated alkanes) is 1. The van der Waals surface area contributed by atoms with E-state index in [2.05, 4.69) is 13.8 Å². The maximum absolute atomic E-state index is 2.44. The minimum absolute atomic E-state index is 1.02. The molecule has 2 atom stereocenters. The Morgan fingerprint density at radius 1 is 1.18 bits per heavy atom. The lowest BCUT2D eigenvalue weighted by Crippen LogP contribution is -2.16. The Labute approximate surface area is 71.4 Å². The third-order valence-electron chi connectivity index (χ3n) is 3.22. The van der Waals surface area contributed by atoms with Crippen molar-refractivity contribution in [2.45, 2.75) is 58.8 Å². The molecule has 66 valence electrons. The van der Waals surface area contributed by atoms with Gasteiger partial charge in [-0.2, -0.15) is 0 Å². The predicted molar refractivity (Wildman–Crippen MR) is 50.6 cm³/mol. The Morgan fingerprint density at radius 3 is 2.55 bits per heavy atom. The van der Waals surface area contributed by atoms with Crippen LogP contribution in [0.1, 0.15) is 58.8 Å². The summed E-state index contributed by atoms with van der Waals surface area (Å²) < 4.78 is 0. The fourth-order valence-corrected chi connectivity index (χ4v) is 2.29. The van der Waals surface area contributed by atoms with Gasteiger partial charge in [0.1, 0.15) is 0 Å². The van der Waals surface area contributed by atoms with Crippen molar-refractivity contribution in [2.24, 2.45) is 11.8 Å². The molecule has 1 fully saturated rings. The Bertz CT molecular complexity index is 96.2. The first-order valence-electron chi connectivity index (χ1n) is 5.34. The van der Waals surface area contributed by atoms with Crippen molar-refractivity contribution in [3.05, 3.63) is 0 Å². The summed E-state index contributed by atoms with van der Waals surface area (Å²) in [5.74, 6) is 2.10. The average molecular weight is 154 g/mol. The fraction of sp³-hybridized carbons (Fsp3) is 1.00. The molecule has 0 saturated heterocycles. The van der Waals surface area contributed by atoms with Crippen molar-refractivity contribution in [3.8, 4) is 0 Å². The zero-order valence-corrected chi connectivity index (χ0v) is 8.10. The molecule has 0 heteroatoms. The van der Waals surface area contributed by atoms with E-state index in [9.17, 15) is 0 Å². The van der Waals surface area contributed by atoms with Crippen molar-refractivity contribution in [2.75, 3.05) is 0 Å². The van der Waals surface area contributed by atoms with Gasteiger partial charge in [-0.15, -0.1) is 0 Å². The normalized spacial score (nSPS) is 32.2. The minimum atomic E-state index is 1.02. The Morgan fingerprint density at radius 2 is 1.91 bits per heavy atom. The summed E-state index contributed by atoms with van der Waals surface area (Å²) in [6.45, 7) is 4.74. The smallest absolute Gasteiger partial charge is 0.0388 e. The number of hydrogen-bond acceptors (Lipinski definition) is 0. The van der Waals surface area contributed by atoms with Crippen molar-refractivity contribution in [3.63, 3.8) is 0 Å². The molecular weight excluding hydrogens is 132 g/mol. The van der Waals surface area contributed by atoms with E-state index in [1.54, 1.807) is 0 Å². The molecule has 1 saturated carbocycles. The molecule has 0 aromatic carbocycles. The molecule has 1 rings (SSSR count). The van der Waals surface area contributed by atoms with Crippen LogP contribution in [0.5, 0.6) is 0 Å². The summed E-state index contributed by atoms with van der Waals surface area (Å²) >= 11 is 0. The quantitative estimate of drug-likeness (QED) is 0.576. The van der Waals surface area contributed by atoms with Crippen LogP contribution in [0.15, 0.2) is 0 Å². The highest BCUT2D eigenvalue weighted by atomic mass is 14.3. The lowest BCUT2D eigenvalue weighted by atomic mass is 9.78. The van der Waals surface area contributed by atoms with Gasteiger partial charge in [-0.25, -0.2) is 0 Å². The van der Waals surface area contributed by atoms with Crippen LogP contribution in [0.3, 0.4) is 0 Å². The van der Waals surface area contributed by atoms with E-state index in [0.29, 0.717) is 0 Å². The maximum Gasteiger partial charge on any atom is -0.0388 e. The predicted octanol–water partition coefficient (Wildman–Crippen LogP) is 4.00. The number of hydrogen-bond donors (Lipinski definition) is 0. The van der Waals surface area contributed by atoms with Gasteiger partial charge in [-0.1, -0.05) is 58.8 Å². The van der Waals surface area contributed by atoms with Crippen molar-refractivity contribution >= 4 is 0 Å². The van der Waals surface area contributed by atoms with Gasteiger partial charge in [0.05, 0.1) is 0 Å². The summed E-state index contributed by atoms with van der Waals surface area (Å²) in [7, 11) is 0. The van der Waals surface area contributed by atoms with Gasteiger partial charge in [0, 0.05) is 0 Å². The van der Waals surface area contributed by atoms with Crippen LogP contribution >= 0.6 is 0 Å². The van der Waals surface area contributed by atoms with Crippen molar-refractivity contribution in [1.29, 1.82) is 0 Å². The van der Waals surface area contributed by atoms with E-state index >= 15 is 0 Å². The van der Waals surface area contributed by atoms with Crippen LogP contribution in [0, 0.1) is 11.8 Å². The second kappa shape index (κ2) is 4.79. The molecule has 0 bridgehead atoms. The standard InChI is InChI=1S/C11H22/c1-3-4-8-11-9-6-5-7-10(11)2/h10-11H,3-9H2,1-2H3. The Balaban J connectivity index is 2.18. The summed E-state index contributed by atoms with van der Waals surface area (Å²) in [6, 6.07) is 0. The molecule has 0 N–H and O–H groups in total. The minimum Gasteiger partial charge on any atom is -0.0654 e. The first-order valence-corrected chi connectivity index (χ1v) is 5.34. The van der Waals surface area contributed by atoms with Crippen LogP contribution in [0.2, 0.25) is 0 Å². The molecule has 0 amide bonds. The molecular formula is C11H22. The Kier molecular flexibility index (Phi) is 3.96. The van der Waals surface area contributed by atoms with Gasteiger partial charge >= 0.3 is 0 Å². The lowest BCUT2D eigenvalue weighted by Gasteiger charge is -2.28. The monoisotopic (exact) mass is 154 g/mol. The van der Waals surface area contributed by atoms with Gasteiger partial charge in [0.2, 0.25) is 0 Å². The molecule has 0 radical (unpaired) electrons. The summed E-state index contributed by atoms with van der Waals surface area (Å²) in [6.07, 6.45) is 10.3. The third kappa shape index (κ3) is 2.84. The Hall–Kier alpha value is 0. The topological polar surface area (TPSA) is 0 Å². The summed E-state index contributed by atoms with van der Waals surface area (Å²) in [5.41, 5.74) is 0. The van der Waals surface area contributed by atoms with Crippen LogP contribution in [-0.2, 0) is 0 Å². The molecule has 0 aliphatic heterocycles. The van der Waals surface area contributed by atoms with Crippen LogP contribution in [0.25, 0.3) is 0 Å². The second-order valence-electron chi connectivity index (χ2n) is 4.16.